The summed E-state index contributed by atoms with van der Waals surface area (Å²) in [5.74, 6) is -1.32. The van der Waals surface area contributed by atoms with E-state index in [0.29, 0.717) is 22.3 Å². The van der Waals surface area contributed by atoms with E-state index in [1.54, 1.807) is 19.1 Å². The van der Waals surface area contributed by atoms with E-state index in [4.69, 9.17) is 9.47 Å². The number of hydrogen-bond acceptors (Lipinski definition) is 2. The Balaban J connectivity index is 0.000000178. The average Bonchev–Trinajstić information content (AvgIpc) is 2.73. The quantitative estimate of drug-likeness (QED) is 0.334. The van der Waals surface area contributed by atoms with Gasteiger partial charge >= 0.3 is 0 Å². The largest absolute Gasteiger partial charge is 0.353 e. The van der Waals surface area contributed by atoms with Gasteiger partial charge in [-0.25, -0.2) is 17.6 Å². The maximum Gasteiger partial charge on any atom is 0.154 e. The number of aryl methyl sites for hydroxylation is 2. The van der Waals surface area contributed by atoms with Crippen LogP contribution in [-0.2, 0) is 9.47 Å². The van der Waals surface area contributed by atoms with E-state index in [1.165, 1.54) is 32.0 Å². The molecule has 1 aliphatic rings. The Hall–Kier alpha value is -2.44. The van der Waals surface area contributed by atoms with Crippen molar-refractivity contribution in [3.8, 4) is 0 Å². The van der Waals surface area contributed by atoms with Gasteiger partial charge in [0.2, 0.25) is 0 Å². The van der Waals surface area contributed by atoms with Crippen molar-refractivity contribution >= 4 is 10.8 Å². The van der Waals surface area contributed by atoms with Gasteiger partial charge in [-0.05, 0) is 63.8 Å². The zero-order valence-corrected chi connectivity index (χ0v) is 19.4. The smallest absolute Gasteiger partial charge is 0.154 e. The van der Waals surface area contributed by atoms with Crippen LogP contribution in [0.2, 0.25) is 0 Å². The maximum absolute atomic E-state index is 13.6. The van der Waals surface area contributed by atoms with E-state index in [1.807, 2.05) is 19.9 Å². The molecule has 0 spiro atoms. The molecule has 0 aromatic heterocycles. The highest BCUT2D eigenvalue weighted by Crippen LogP contribution is 2.24. The molecule has 3 aromatic rings. The van der Waals surface area contributed by atoms with E-state index >= 15 is 0 Å². The van der Waals surface area contributed by atoms with Gasteiger partial charge in [-0.2, -0.15) is 0 Å². The second kappa shape index (κ2) is 11.4. The van der Waals surface area contributed by atoms with Crippen LogP contribution < -0.4 is 0 Å². The van der Waals surface area contributed by atoms with Crippen molar-refractivity contribution in [2.24, 2.45) is 5.92 Å². The van der Waals surface area contributed by atoms with Gasteiger partial charge in [0.05, 0.1) is 13.2 Å². The molecule has 32 heavy (non-hydrogen) atoms. The maximum atomic E-state index is 13.6. The monoisotopic (exact) mass is 450 g/mol. The summed E-state index contributed by atoms with van der Waals surface area (Å²) in [5.41, 5.74) is 1.78. The standard InChI is InChI=1S/C12H10F2.C8H8F2.C6H12O2/c1-7-3-4-10-9(5-7)6-11(13)8(2)12(10)14;1-5-3-7(9)6(2)8(10)4-5;1-5-3-7-6(2)8-4-5/h3-6H,1-2H3;3-4H,1-2H3;5-6H,3-4H2,1-2H3. The molecule has 2 nitrogen and oxygen atoms in total. The van der Waals surface area contributed by atoms with Gasteiger partial charge in [-0.1, -0.05) is 30.7 Å². The van der Waals surface area contributed by atoms with Gasteiger partial charge in [0.15, 0.2) is 6.29 Å². The first-order valence-electron chi connectivity index (χ1n) is 10.5. The molecule has 0 saturated carbocycles. The van der Waals surface area contributed by atoms with Crippen LogP contribution in [0.25, 0.3) is 10.8 Å². The average molecular weight is 451 g/mol. The minimum absolute atomic E-state index is 0.0196. The van der Waals surface area contributed by atoms with Crippen LogP contribution in [0.15, 0.2) is 36.4 Å². The molecule has 0 unspecified atom stereocenters. The zero-order chi connectivity index (χ0) is 24.0. The van der Waals surface area contributed by atoms with Crippen molar-refractivity contribution in [1.82, 2.24) is 0 Å². The number of benzene rings is 3. The molecule has 174 valence electrons. The normalized spacial score (nSPS) is 17.8. The van der Waals surface area contributed by atoms with Crippen LogP contribution in [0.4, 0.5) is 17.6 Å². The Morgan fingerprint density at radius 2 is 1.22 bits per heavy atom. The highest BCUT2D eigenvalue weighted by atomic mass is 19.1. The molecule has 0 amide bonds. The molecule has 1 aliphatic heterocycles. The molecule has 0 aliphatic carbocycles. The van der Waals surface area contributed by atoms with Gasteiger partial charge in [-0.3, -0.25) is 0 Å². The Morgan fingerprint density at radius 3 is 1.75 bits per heavy atom. The molecule has 3 aromatic carbocycles. The van der Waals surface area contributed by atoms with E-state index in [2.05, 4.69) is 6.92 Å². The number of fused-ring (bicyclic) bond motifs is 1. The summed E-state index contributed by atoms with van der Waals surface area (Å²) in [6, 6.07) is 9.30. The Morgan fingerprint density at radius 1 is 0.688 bits per heavy atom. The van der Waals surface area contributed by atoms with Gasteiger partial charge in [-0.15, -0.1) is 0 Å². The van der Waals surface area contributed by atoms with Crippen molar-refractivity contribution < 1.29 is 27.0 Å². The lowest BCUT2D eigenvalue weighted by molar-refractivity contribution is -0.187. The molecule has 0 N–H and O–H groups in total. The molecule has 0 radical (unpaired) electrons. The van der Waals surface area contributed by atoms with Crippen molar-refractivity contribution in [3.05, 3.63) is 81.9 Å². The van der Waals surface area contributed by atoms with Gasteiger partial charge in [0, 0.05) is 22.4 Å². The van der Waals surface area contributed by atoms with E-state index in [-0.39, 0.29) is 17.4 Å². The molecule has 4 rings (SSSR count). The molecule has 1 fully saturated rings. The predicted octanol–water partition coefficient (Wildman–Crippen LogP) is 7.33. The molecule has 1 heterocycles. The van der Waals surface area contributed by atoms with Crippen LogP contribution in [0.5, 0.6) is 0 Å². The SMILES string of the molecule is CC1COC(C)OC1.Cc1cc(F)c(C)c(F)c1.Cc1ccc2c(F)c(C)c(F)cc2c1. The highest BCUT2D eigenvalue weighted by Gasteiger charge is 2.13. The van der Waals surface area contributed by atoms with Gasteiger partial charge in [0.25, 0.3) is 0 Å². The van der Waals surface area contributed by atoms with Gasteiger partial charge < -0.3 is 9.47 Å². The third-order valence-corrected chi connectivity index (χ3v) is 5.07. The zero-order valence-electron chi connectivity index (χ0n) is 19.4. The molecule has 0 atom stereocenters. The van der Waals surface area contributed by atoms with Crippen molar-refractivity contribution in [2.45, 2.75) is 47.8 Å². The van der Waals surface area contributed by atoms with E-state index in [9.17, 15) is 17.6 Å². The Labute approximate surface area is 187 Å². The second-order valence-corrected chi connectivity index (χ2v) is 8.21. The Bertz CT molecular complexity index is 1020. The number of halogens is 4. The summed E-state index contributed by atoms with van der Waals surface area (Å²) in [6.07, 6.45) is 0.0196. The summed E-state index contributed by atoms with van der Waals surface area (Å²) in [7, 11) is 0. The summed E-state index contributed by atoms with van der Waals surface area (Å²) in [6.45, 7) is 12.2. The summed E-state index contributed by atoms with van der Waals surface area (Å²) < 4.78 is 62.3. The summed E-state index contributed by atoms with van der Waals surface area (Å²) >= 11 is 0. The van der Waals surface area contributed by atoms with Crippen molar-refractivity contribution in [1.29, 1.82) is 0 Å². The highest BCUT2D eigenvalue weighted by molar-refractivity contribution is 5.84. The Kier molecular flexibility index (Phi) is 9.22. The van der Waals surface area contributed by atoms with Crippen molar-refractivity contribution in [3.63, 3.8) is 0 Å². The minimum Gasteiger partial charge on any atom is -0.353 e. The first kappa shape index (κ1) is 25.8. The molecular formula is C26H30F4O2. The molecular weight excluding hydrogens is 420 g/mol. The molecule has 0 bridgehead atoms. The summed E-state index contributed by atoms with van der Waals surface area (Å²) in [4.78, 5) is 0. The summed E-state index contributed by atoms with van der Waals surface area (Å²) in [5, 5.41) is 1.10. The third kappa shape index (κ3) is 7.04. The van der Waals surface area contributed by atoms with Gasteiger partial charge in [0.1, 0.15) is 23.3 Å². The van der Waals surface area contributed by atoms with Crippen LogP contribution in [0, 0.1) is 56.9 Å². The fourth-order valence-corrected chi connectivity index (χ4v) is 3.02. The topological polar surface area (TPSA) is 18.5 Å². The number of rotatable bonds is 0. The lowest BCUT2D eigenvalue weighted by Crippen LogP contribution is -2.27. The second-order valence-electron chi connectivity index (χ2n) is 8.21. The lowest BCUT2D eigenvalue weighted by atomic mass is 10.0. The van der Waals surface area contributed by atoms with E-state index < -0.39 is 23.3 Å². The molecule has 1 saturated heterocycles. The molecule has 6 heteroatoms. The predicted molar refractivity (Wildman–Crippen MR) is 120 cm³/mol. The lowest BCUT2D eigenvalue weighted by Gasteiger charge is -2.24. The number of ether oxygens (including phenoxy) is 2. The number of hydrogen-bond donors (Lipinski definition) is 0. The van der Waals surface area contributed by atoms with Crippen LogP contribution >= 0.6 is 0 Å². The first-order valence-corrected chi connectivity index (χ1v) is 10.5. The van der Waals surface area contributed by atoms with E-state index in [0.717, 1.165) is 18.8 Å². The van der Waals surface area contributed by atoms with Crippen LogP contribution in [0.3, 0.4) is 0 Å². The minimum atomic E-state index is -0.486. The fourth-order valence-electron chi connectivity index (χ4n) is 3.02. The first-order chi connectivity index (χ1) is 15.0. The fraction of sp³-hybridized carbons (Fsp3) is 0.385. The van der Waals surface area contributed by atoms with Crippen molar-refractivity contribution in [2.75, 3.05) is 13.2 Å². The van der Waals surface area contributed by atoms with Crippen LogP contribution in [-0.4, -0.2) is 19.5 Å². The van der Waals surface area contributed by atoms with Crippen LogP contribution in [0.1, 0.15) is 36.1 Å². The third-order valence-electron chi connectivity index (χ3n) is 5.07.